The van der Waals surface area contributed by atoms with Crippen LogP contribution >= 0.6 is 0 Å². The second-order valence-corrected chi connectivity index (χ2v) is 3.48. The van der Waals surface area contributed by atoms with Crippen LogP contribution in [0.25, 0.3) is 0 Å². The van der Waals surface area contributed by atoms with Gasteiger partial charge in [-0.25, -0.2) is 0 Å². The number of halogens is 1. The van der Waals surface area contributed by atoms with Crippen LogP contribution < -0.4 is 0 Å². The topological polar surface area (TPSA) is 56.0 Å². The lowest BCUT2D eigenvalue weighted by atomic mass is 9.98. The van der Waals surface area contributed by atoms with Crippen molar-refractivity contribution >= 4 is 0 Å². The smallest absolute Gasteiger partial charge is 0.265 e. The highest BCUT2D eigenvalue weighted by Crippen LogP contribution is 2.33. The van der Waals surface area contributed by atoms with Gasteiger partial charge in [0.05, 0.1) is 16.1 Å². The Morgan fingerprint density at radius 3 is 2.12 bits per heavy atom. The molecule has 1 heterocycles. The largest absolute Gasteiger partial charge is 0.411 e. The summed E-state index contributed by atoms with van der Waals surface area (Å²) in [6, 6.07) is 10.2. The number of hydrogen-bond donors (Lipinski definition) is 0. The fraction of sp³-hybridized carbons (Fsp3) is 0.0833. The lowest BCUT2D eigenvalue weighted by Crippen LogP contribution is -2.31. The van der Waals surface area contributed by atoms with Gasteiger partial charge in [0.15, 0.2) is 0 Å². The zero-order chi connectivity index (χ0) is 12.3. The third-order valence-electron chi connectivity index (χ3n) is 2.47. The van der Waals surface area contributed by atoms with Crippen LogP contribution in [0.5, 0.6) is 0 Å². The van der Waals surface area contributed by atoms with E-state index < -0.39 is 10.7 Å². The summed E-state index contributed by atoms with van der Waals surface area (Å²) in [7, 11) is 0. The molecule has 4 nitrogen and oxygen atoms in total. The minimum absolute atomic E-state index is 0.00352. The van der Waals surface area contributed by atoms with Crippen LogP contribution in [0, 0.1) is 10.1 Å². The van der Waals surface area contributed by atoms with Crippen LogP contribution in [-0.2, 0) is 5.79 Å². The van der Waals surface area contributed by atoms with Gasteiger partial charge >= 0.3 is 5.79 Å². The van der Waals surface area contributed by atoms with Gasteiger partial charge in [-0.1, -0.05) is 18.2 Å². The third kappa shape index (κ3) is 1.87. The van der Waals surface area contributed by atoms with Crippen LogP contribution in [-0.4, -0.2) is 9.91 Å². The number of alkyl halides is 1. The Bertz CT molecular complexity index is 477. The first-order valence-electron chi connectivity index (χ1n) is 4.95. The van der Waals surface area contributed by atoms with E-state index in [-0.39, 0.29) is 11.1 Å². The average molecular weight is 232 g/mol. The highest BCUT2D eigenvalue weighted by molar-refractivity contribution is 5.31. The molecule has 0 spiro atoms. The van der Waals surface area contributed by atoms with Gasteiger partial charge in [0, 0.05) is 12.4 Å². The molecule has 0 aliphatic heterocycles. The van der Waals surface area contributed by atoms with Crippen LogP contribution in [0.3, 0.4) is 0 Å². The number of pyridine rings is 1. The number of nitro groups is 1. The van der Waals surface area contributed by atoms with Crippen molar-refractivity contribution < 1.29 is 9.31 Å². The van der Waals surface area contributed by atoms with Gasteiger partial charge in [0.2, 0.25) is 0 Å². The molecular weight excluding hydrogens is 223 g/mol. The lowest BCUT2D eigenvalue weighted by molar-refractivity contribution is -0.602. The zero-order valence-electron chi connectivity index (χ0n) is 8.79. The second-order valence-electron chi connectivity index (χ2n) is 3.48. The van der Waals surface area contributed by atoms with Crippen molar-refractivity contribution in [3.05, 3.63) is 76.1 Å². The molecule has 0 N–H and O–H groups in total. The van der Waals surface area contributed by atoms with Crippen LogP contribution in [0.2, 0.25) is 0 Å². The number of rotatable bonds is 3. The molecule has 1 unspecified atom stereocenters. The summed E-state index contributed by atoms with van der Waals surface area (Å²) >= 11 is 0. The highest BCUT2D eigenvalue weighted by atomic mass is 19.1. The number of aromatic nitrogens is 1. The Hall–Kier alpha value is -2.30. The zero-order valence-corrected chi connectivity index (χ0v) is 8.79. The molecule has 2 aromatic rings. The summed E-state index contributed by atoms with van der Waals surface area (Å²) in [6.07, 6.45) is 2.66. The Morgan fingerprint density at radius 2 is 1.59 bits per heavy atom. The first-order chi connectivity index (χ1) is 8.15. The molecule has 1 atom stereocenters. The normalized spacial score (nSPS) is 13.9. The SMILES string of the molecule is O=[N+]([O-])C(F)(c1ccccc1)c1ccncc1. The van der Waals surface area contributed by atoms with Crippen molar-refractivity contribution in [2.75, 3.05) is 0 Å². The molecule has 17 heavy (non-hydrogen) atoms. The highest BCUT2D eigenvalue weighted by Gasteiger charge is 2.47. The van der Waals surface area contributed by atoms with Crippen molar-refractivity contribution in [2.45, 2.75) is 5.79 Å². The number of hydrogen-bond acceptors (Lipinski definition) is 3. The number of nitrogens with zero attached hydrogens (tertiary/aromatic N) is 2. The van der Waals surface area contributed by atoms with E-state index in [2.05, 4.69) is 4.98 Å². The van der Waals surface area contributed by atoms with E-state index in [4.69, 9.17) is 0 Å². The second kappa shape index (κ2) is 4.29. The minimum atomic E-state index is -2.73. The molecule has 5 heteroatoms. The molecule has 0 bridgehead atoms. The van der Waals surface area contributed by atoms with E-state index in [0.29, 0.717) is 0 Å². The standard InChI is InChI=1S/C12H9FN2O2/c13-12(15(16)17,10-4-2-1-3-5-10)11-6-8-14-9-7-11/h1-9H. The molecular formula is C12H9FN2O2. The molecule has 0 saturated carbocycles. The summed E-state index contributed by atoms with van der Waals surface area (Å²) in [6.45, 7) is 0. The fourth-order valence-electron chi connectivity index (χ4n) is 1.61. The van der Waals surface area contributed by atoms with Crippen molar-refractivity contribution in [1.82, 2.24) is 4.98 Å². The van der Waals surface area contributed by atoms with E-state index in [0.717, 1.165) is 0 Å². The van der Waals surface area contributed by atoms with Crippen LogP contribution in [0.1, 0.15) is 11.1 Å². The first kappa shape index (κ1) is 11.2. The van der Waals surface area contributed by atoms with E-state index in [1.807, 2.05) is 0 Å². The van der Waals surface area contributed by atoms with Crippen LogP contribution in [0.4, 0.5) is 4.39 Å². The van der Waals surface area contributed by atoms with E-state index in [9.17, 15) is 14.5 Å². The Kier molecular flexibility index (Phi) is 2.82. The quantitative estimate of drug-likeness (QED) is 0.464. The van der Waals surface area contributed by atoms with Gasteiger partial charge in [-0.2, -0.15) is 4.39 Å². The van der Waals surface area contributed by atoms with Gasteiger partial charge in [-0.3, -0.25) is 15.1 Å². The van der Waals surface area contributed by atoms with Gasteiger partial charge in [0.1, 0.15) is 0 Å². The van der Waals surface area contributed by atoms with Crippen molar-refractivity contribution in [3.63, 3.8) is 0 Å². The Morgan fingerprint density at radius 1 is 1.06 bits per heavy atom. The maximum Gasteiger partial charge on any atom is 0.411 e. The summed E-state index contributed by atoms with van der Waals surface area (Å²) in [4.78, 5) is 13.8. The predicted molar refractivity (Wildman–Crippen MR) is 59.6 cm³/mol. The Labute approximate surface area is 96.9 Å². The van der Waals surface area contributed by atoms with E-state index >= 15 is 0 Å². The fourth-order valence-corrected chi connectivity index (χ4v) is 1.61. The number of benzene rings is 1. The summed E-state index contributed by atoms with van der Waals surface area (Å²) in [5, 5.41) is 11.0. The molecule has 2 rings (SSSR count). The average Bonchev–Trinajstić information content (AvgIpc) is 2.39. The molecule has 0 fully saturated rings. The summed E-state index contributed by atoms with van der Waals surface area (Å²) < 4.78 is 14.7. The van der Waals surface area contributed by atoms with E-state index in [1.165, 1.54) is 36.7 Å². The van der Waals surface area contributed by atoms with Crippen LogP contribution in [0.15, 0.2) is 54.9 Å². The van der Waals surface area contributed by atoms with Gasteiger partial charge in [-0.05, 0) is 24.3 Å². The molecule has 0 aliphatic carbocycles. The molecule has 0 radical (unpaired) electrons. The third-order valence-corrected chi connectivity index (χ3v) is 2.47. The van der Waals surface area contributed by atoms with Gasteiger partial charge in [-0.15, -0.1) is 0 Å². The Balaban J connectivity index is 2.59. The predicted octanol–water partition coefficient (Wildman–Crippen LogP) is 2.53. The molecule has 0 amide bonds. The first-order valence-corrected chi connectivity index (χ1v) is 4.95. The molecule has 1 aromatic heterocycles. The lowest BCUT2D eigenvalue weighted by Gasteiger charge is -2.16. The van der Waals surface area contributed by atoms with E-state index in [1.54, 1.807) is 18.2 Å². The maximum absolute atomic E-state index is 14.7. The van der Waals surface area contributed by atoms with Crippen molar-refractivity contribution in [2.24, 2.45) is 0 Å². The minimum Gasteiger partial charge on any atom is -0.265 e. The molecule has 0 aliphatic rings. The summed E-state index contributed by atoms with van der Waals surface area (Å²) in [5.74, 6) is -2.73. The van der Waals surface area contributed by atoms with Crippen molar-refractivity contribution in [1.29, 1.82) is 0 Å². The van der Waals surface area contributed by atoms with Gasteiger partial charge in [0.25, 0.3) is 0 Å². The molecule has 1 aromatic carbocycles. The maximum atomic E-state index is 14.7. The monoisotopic (exact) mass is 232 g/mol. The summed E-state index contributed by atoms with van der Waals surface area (Å²) in [5.41, 5.74) is -0.0418. The van der Waals surface area contributed by atoms with Gasteiger partial charge < -0.3 is 0 Å². The molecule has 0 saturated heterocycles. The molecule has 86 valence electrons. The van der Waals surface area contributed by atoms with Crippen molar-refractivity contribution in [3.8, 4) is 0 Å².